The zero-order chi connectivity index (χ0) is 12.3. The molecule has 0 saturated carbocycles. The van der Waals surface area contributed by atoms with E-state index in [1.54, 1.807) is 0 Å². The van der Waals surface area contributed by atoms with Crippen molar-refractivity contribution in [1.29, 1.82) is 0 Å². The normalized spacial score (nSPS) is 21.5. The van der Waals surface area contributed by atoms with Gasteiger partial charge in [0.1, 0.15) is 11.6 Å². The van der Waals surface area contributed by atoms with Crippen LogP contribution in [-0.4, -0.2) is 40.0 Å². The molecule has 1 aromatic rings. The highest BCUT2D eigenvalue weighted by Gasteiger charge is 2.24. The summed E-state index contributed by atoms with van der Waals surface area (Å²) in [7, 11) is 2.13. The Hall–Kier alpha value is -0.850. The van der Waals surface area contributed by atoms with Crippen LogP contribution >= 0.6 is 11.8 Å². The number of hydrazine groups is 1. The molecule has 1 saturated heterocycles. The van der Waals surface area contributed by atoms with Gasteiger partial charge in [0.05, 0.1) is 6.04 Å². The average Bonchev–Trinajstić information content (AvgIpc) is 2.38. The summed E-state index contributed by atoms with van der Waals surface area (Å²) in [5, 5.41) is 0. The smallest absolute Gasteiger partial charge is 0.148 e. The highest BCUT2D eigenvalue weighted by Crippen LogP contribution is 2.26. The summed E-state index contributed by atoms with van der Waals surface area (Å²) >= 11 is 1.96. The summed E-state index contributed by atoms with van der Waals surface area (Å²) in [6, 6.07) is 2.20. The first-order valence-electron chi connectivity index (χ1n) is 5.87. The average molecular weight is 253 g/mol. The van der Waals surface area contributed by atoms with Gasteiger partial charge in [0.25, 0.3) is 0 Å². The summed E-state index contributed by atoms with van der Waals surface area (Å²) in [5.41, 5.74) is 3.65. The van der Waals surface area contributed by atoms with Crippen molar-refractivity contribution in [3.05, 3.63) is 17.6 Å². The van der Waals surface area contributed by atoms with Gasteiger partial charge in [-0.3, -0.25) is 4.90 Å². The molecular weight excluding hydrogens is 234 g/mol. The van der Waals surface area contributed by atoms with Gasteiger partial charge in [-0.1, -0.05) is 6.92 Å². The molecule has 6 heteroatoms. The van der Waals surface area contributed by atoms with E-state index in [1.165, 1.54) is 5.75 Å². The number of hydrogen-bond acceptors (Lipinski definition) is 6. The molecule has 2 heterocycles. The van der Waals surface area contributed by atoms with E-state index in [4.69, 9.17) is 5.84 Å². The van der Waals surface area contributed by atoms with Crippen LogP contribution in [0.15, 0.2) is 6.07 Å². The second-order valence-corrected chi connectivity index (χ2v) is 5.32. The highest BCUT2D eigenvalue weighted by molar-refractivity contribution is 7.99. The number of aromatic nitrogens is 2. The van der Waals surface area contributed by atoms with Crippen LogP contribution in [-0.2, 0) is 6.42 Å². The summed E-state index contributed by atoms with van der Waals surface area (Å²) in [5.74, 6) is 9.27. The molecule has 1 aliphatic rings. The molecule has 1 aromatic heterocycles. The van der Waals surface area contributed by atoms with E-state index in [0.29, 0.717) is 11.9 Å². The first-order valence-corrected chi connectivity index (χ1v) is 7.02. The summed E-state index contributed by atoms with van der Waals surface area (Å²) in [4.78, 5) is 11.4. The van der Waals surface area contributed by atoms with E-state index >= 15 is 0 Å². The van der Waals surface area contributed by atoms with Crippen molar-refractivity contribution in [2.24, 2.45) is 5.84 Å². The standard InChI is InChI=1S/C11H19N5S/c1-3-8-6-10(15-12)14-11(13-8)9-7-17-5-4-16(9)2/h6,9H,3-5,7,12H2,1-2H3,(H,13,14,15). The van der Waals surface area contributed by atoms with Gasteiger partial charge in [0.2, 0.25) is 0 Å². The number of nitrogens with two attached hydrogens (primary N) is 1. The lowest BCUT2D eigenvalue weighted by Gasteiger charge is -2.31. The van der Waals surface area contributed by atoms with Gasteiger partial charge in [-0.2, -0.15) is 11.8 Å². The topological polar surface area (TPSA) is 67.1 Å². The fourth-order valence-corrected chi connectivity index (χ4v) is 3.09. The summed E-state index contributed by atoms with van der Waals surface area (Å²) < 4.78 is 0. The Kier molecular flexibility index (Phi) is 4.20. The first-order chi connectivity index (χ1) is 8.24. The zero-order valence-electron chi connectivity index (χ0n) is 10.3. The van der Waals surface area contributed by atoms with Crippen LogP contribution in [0, 0.1) is 0 Å². The Labute approximate surface area is 106 Å². The van der Waals surface area contributed by atoms with E-state index in [-0.39, 0.29) is 0 Å². The van der Waals surface area contributed by atoms with Gasteiger partial charge in [0, 0.05) is 29.8 Å². The number of hydrogen-bond donors (Lipinski definition) is 2. The molecule has 1 atom stereocenters. The van der Waals surface area contributed by atoms with E-state index < -0.39 is 0 Å². The van der Waals surface area contributed by atoms with Crippen molar-refractivity contribution in [3.63, 3.8) is 0 Å². The lowest BCUT2D eigenvalue weighted by Crippen LogP contribution is -2.34. The molecule has 0 radical (unpaired) electrons. The molecule has 94 valence electrons. The van der Waals surface area contributed by atoms with E-state index in [9.17, 15) is 0 Å². The Morgan fingerprint density at radius 3 is 3.06 bits per heavy atom. The minimum Gasteiger partial charge on any atom is -0.308 e. The lowest BCUT2D eigenvalue weighted by molar-refractivity contribution is 0.264. The van der Waals surface area contributed by atoms with Crippen molar-refractivity contribution in [3.8, 4) is 0 Å². The van der Waals surface area contributed by atoms with Gasteiger partial charge in [-0.15, -0.1) is 0 Å². The number of thioether (sulfide) groups is 1. The number of nitrogen functional groups attached to an aromatic ring is 1. The van der Waals surface area contributed by atoms with Crippen molar-refractivity contribution < 1.29 is 0 Å². The largest absolute Gasteiger partial charge is 0.308 e. The van der Waals surface area contributed by atoms with Gasteiger partial charge < -0.3 is 5.43 Å². The molecule has 0 bridgehead atoms. The molecule has 1 fully saturated rings. The third kappa shape index (κ3) is 2.88. The van der Waals surface area contributed by atoms with E-state index in [0.717, 1.165) is 30.2 Å². The maximum absolute atomic E-state index is 5.45. The molecule has 17 heavy (non-hydrogen) atoms. The van der Waals surface area contributed by atoms with Crippen molar-refractivity contribution in [2.45, 2.75) is 19.4 Å². The van der Waals surface area contributed by atoms with Gasteiger partial charge >= 0.3 is 0 Å². The van der Waals surface area contributed by atoms with Crippen molar-refractivity contribution in [2.75, 3.05) is 30.5 Å². The minimum absolute atomic E-state index is 0.298. The fourth-order valence-electron chi connectivity index (χ4n) is 1.88. The monoisotopic (exact) mass is 253 g/mol. The molecule has 0 amide bonds. The molecule has 3 N–H and O–H groups in total. The van der Waals surface area contributed by atoms with Gasteiger partial charge in [-0.25, -0.2) is 15.8 Å². The number of anilines is 1. The van der Waals surface area contributed by atoms with Crippen LogP contribution in [0.5, 0.6) is 0 Å². The number of nitrogens with one attached hydrogen (secondary N) is 1. The predicted octanol–water partition coefficient (Wildman–Crippen LogP) is 1.04. The molecule has 0 aliphatic carbocycles. The molecule has 1 aliphatic heterocycles. The second-order valence-electron chi connectivity index (χ2n) is 4.17. The lowest BCUT2D eigenvalue weighted by atomic mass is 10.2. The predicted molar refractivity (Wildman–Crippen MR) is 71.9 cm³/mol. The van der Waals surface area contributed by atoms with E-state index in [1.807, 2.05) is 17.8 Å². The summed E-state index contributed by atoms with van der Waals surface area (Å²) in [6.07, 6.45) is 0.897. The minimum atomic E-state index is 0.298. The van der Waals surface area contributed by atoms with E-state index in [2.05, 4.69) is 34.3 Å². The SMILES string of the molecule is CCc1cc(NN)nc(C2CSCCN2C)n1. The van der Waals surface area contributed by atoms with Crippen LogP contribution < -0.4 is 11.3 Å². The van der Waals surface area contributed by atoms with Crippen LogP contribution in [0.1, 0.15) is 24.5 Å². The Balaban J connectivity index is 2.29. The van der Waals surface area contributed by atoms with Gasteiger partial charge in [-0.05, 0) is 13.5 Å². The Bertz CT molecular complexity index is 362. The number of aryl methyl sites for hydroxylation is 1. The third-order valence-corrected chi connectivity index (χ3v) is 4.02. The fraction of sp³-hybridized carbons (Fsp3) is 0.636. The number of rotatable bonds is 3. The second kappa shape index (κ2) is 5.66. The van der Waals surface area contributed by atoms with Crippen LogP contribution in [0.25, 0.3) is 0 Å². The molecule has 0 aromatic carbocycles. The molecular formula is C11H19N5S. The Morgan fingerprint density at radius 2 is 2.41 bits per heavy atom. The Morgan fingerprint density at radius 1 is 1.59 bits per heavy atom. The van der Waals surface area contributed by atoms with Crippen LogP contribution in [0.2, 0.25) is 0 Å². The molecule has 5 nitrogen and oxygen atoms in total. The van der Waals surface area contributed by atoms with Crippen LogP contribution in [0.3, 0.4) is 0 Å². The third-order valence-electron chi connectivity index (χ3n) is 3.00. The molecule has 0 spiro atoms. The quantitative estimate of drug-likeness (QED) is 0.620. The zero-order valence-corrected chi connectivity index (χ0v) is 11.1. The molecule has 1 unspecified atom stereocenters. The molecule has 2 rings (SSSR count). The van der Waals surface area contributed by atoms with Crippen LogP contribution in [0.4, 0.5) is 5.82 Å². The van der Waals surface area contributed by atoms with Gasteiger partial charge in [0.15, 0.2) is 0 Å². The summed E-state index contributed by atoms with van der Waals surface area (Å²) in [6.45, 7) is 3.17. The maximum atomic E-state index is 5.45. The first kappa shape index (κ1) is 12.6. The van der Waals surface area contributed by atoms with Crippen molar-refractivity contribution >= 4 is 17.6 Å². The number of nitrogens with zero attached hydrogens (tertiary/aromatic N) is 3. The highest BCUT2D eigenvalue weighted by atomic mass is 32.2. The maximum Gasteiger partial charge on any atom is 0.148 e. The van der Waals surface area contributed by atoms with Crippen molar-refractivity contribution in [1.82, 2.24) is 14.9 Å².